The Morgan fingerprint density at radius 1 is 1.14 bits per heavy atom. The summed E-state index contributed by atoms with van der Waals surface area (Å²) in [6, 6.07) is 15.5. The van der Waals surface area contributed by atoms with Crippen LogP contribution in [0.25, 0.3) is 11.1 Å². The van der Waals surface area contributed by atoms with Gasteiger partial charge in [-0.1, -0.05) is 48.5 Å². The second-order valence-electron chi connectivity index (χ2n) is 9.53. The number of alkyl carbamates (subject to hydrolysis) is 1. The third-order valence-electron chi connectivity index (χ3n) is 7.07. The summed E-state index contributed by atoms with van der Waals surface area (Å²) in [5, 5.41) is 12.4. The number of fused-ring (bicyclic) bond motifs is 3. The molecular weight excluding hydrogens is 464 g/mol. The lowest BCUT2D eigenvalue weighted by Gasteiger charge is -2.39. The number of ether oxygens (including phenoxy) is 1. The molecule has 1 aliphatic carbocycles. The zero-order valence-electron chi connectivity index (χ0n) is 20.2. The van der Waals surface area contributed by atoms with Crippen LogP contribution >= 0.6 is 11.8 Å². The molecular formula is C27H32N2O5S. The molecule has 0 radical (unpaired) electrons. The minimum Gasteiger partial charge on any atom is -0.481 e. The Morgan fingerprint density at radius 3 is 2.37 bits per heavy atom. The topological polar surface area (TPSA) is 95.9 Å². The summed E-state index contributed by atoms with van der Waals surface area (Å²) in [6.45, 7) is 2.47. The Labute approximate surface area is 210 Å². The first-order valence-corrected chi connectivity index (χ1v) is 13.4. The van der Waals surface area contributed by atoms with Crippen molar-refractivity contribution in [2.24, 2.45) is 5.41 Å². The molecule has 1 saturated heterocycles. The van der Waals surface area contributed by atoms with Gasteiger partial charge < -0.3 is 20.1 Å². The quantitative estimate of drug-likeness (QED) is 0.564. The number of nitrogens with zero attached hydrogens (tertiary/aromatic N) is 1. The Hall–Kier alpha value is -3.00. The van der Waals surface area contributed by atoms with Crippen LogP contribution in [0, 0.1) is 5.41 Å². The second kappa shape index (κ2) is 10.7. The van der Waals surface area contributed by atoms with E-state index in [1.165, 1.54) is 0 Å². The van der Waals surface area contributed by atoms with Crippen LogP contribution in [0.5, 0.6) is 0 Å². The van der Waals surface area contributed by atoms with E-state index in [-0.39, 0.29) is 25.0 Å². The van der Waals surface area contributed by atoms with E-state index in [4.69, 9.17) is 4.74 Å². The first kappa shape index (κ1) is 25.1. The summed E-state index contributed by atoms with van der Waals surface area (Å²) < 4.78 is 5.65. The second-order valence-corrected chi connectivity index (χ2v) is 10.5. The molecule has 0 saturated carbocycles. The first-order valence-electron chi connectivity index (χ1n) is 12.0. The molecule has 0 spiro atoms. The number of benzene rings is 2. The number of piperidine rings is 1. The van der Waals surface area contributed by atoms with Crippen LogP contribution in [-0.2, 0) is 14.3 Å². The van der Waals surface area contributed by atoms with Crippen molar-refractivity contribution in [2.75, 3.05) is 31.7 Å². The minimum absolute atomic E-state index is 0.0631. The van der Waals surface area contributed by atoms with Gasteiger partial charge in [-0.2, -0.15) is 11.8 Å². The third-order valence-corrected chi connectivity index (χ3v) is 7.71. The lowest BCUT2D eigenvalue weighted by Crippen LogP contribution is -2.55. The van der Waals surface area contributed by atoms with Gasteiger partial charge in [-0.25, -0.2) is 4.79 Å². The normalized spacial score (nSPS) is 20.0. The summed E-state index contributed by atoms with van der Waals surface area (Å²) in [6.07, 6.45) is 2.90. The smallest absolute Gasteiger partial charge is 0.407 e. The maximum Gasteiger partial charge on any atom is 0.407 e. The van der Waals surface area contributed by atoms with Gasteiger partial charge >= 0.3 is 12.1 Å². The summed E-state index contributed by atoms with van der Waals surface area (Å²) in [5.41, 5.74) is 3.57. The summed E-state index contributed by atoms with van der Waals surface area (Å²) in [7, 11) is 0. The molecule has 186 valence electrons. The van der Waals surface area contributed by atoms with Crippen molar-refractivity contribution < 1.29 is 24.2 Å². The highest BCUT2D eigenvalue weighted by atomic mass is 32.2. The predicted molar refractivity (Wildman–Crippen MR) is 137 cm³/mol. The zero-order valence-corrected chi connectivity index (χ0v) is 21.0. The van der Waals surface area contributed by atoms with E-state index >= 15 is 0 Å². The van der Waals surface area contributed by atoms with E-state index in [0.717, 1.165) is 22.3 Å². The molecule has 2 amide bonds. The number of thioether (sulfide) groups is 1. The maximum absolute atomic E-state index is 13.3. The van der Waals surface area contributed by atoms with Crippen LogP contribution in [0.2, 0.25) is 0 Å². The van der Waals surface area contributed by atoms with Crippen molar-refractivity contribution in [3.05, 3.63) is 59.7 Å². The highest BCUT2D eigenvalue weighted by Gasteiger charge is 2.41. The number of hydrogen-bond donors (Lipinski definition) is 2. The number of nitrogens with one attached hydrogen (secondary N) is 1. The summed E-state index contributed by atoms with van der Waals surface area (Å²) in [5.74, 6) is -0.531. The first-order chi connectivity index (χ1) is 16.8. The Balaban J connectivity index is 1.42. The molecule has 8 heteroatoms. The molecule has 1 heterocycles. The average molecular weight is 497 g/mol. The molecule has 0 aromatic heterocycles. The standard InChI is InChI=1S/C27H32N2O5S/c1-27(25(31)32)13-7-14-29(17-27)24(30)23(12-15-35-2)28-26(33)34-16-22-20-10-5-3-8-18(20)19-9-4-6-11-21(19)22/h3-6,8-11,22-23H,7,12-17H2,1-2H3,(H,28,33)(H,31,32). The van der Waals surface area contributed by atoms with Gasteiger partial charge in [-0.3, -0.25) is 9.59 Å². The van der Waals surface area contributed by atoms with Gasteiger partial charge in [0.25, 0.3) is 0 Å². The van der Waals surface area contributed by atoms with Gasteiger partial charge in [0.05, 0.1) is 5.41 Å². The molecule has 2 aliphatic rings. The molecule has 2 aromatic rings. The number of likely N-dealkylation sites (tertiary alicyclic amines) is 1. The van der Waals surface area contributed by atoms with Gasteiger partial charge in [-0.05, 0) is 60.4 Å². The molecule has 7 nitrogen and oxygen atoms in total. The highest BCUT2D eigenvalue weighted by molar-refractivity contribution is 7.98. The van der Waals surface area contributed by atoms with Crippen molar-refractivity contribution in [3.63, 3.8) is 0 Å². The van der Waals surface area contributed by atoms with Crippen molar-refractivity contribution in [1.29, 1.82) is 0 Å². The van der Waals surface area contributed by atoms with Crippen LogP contribution in [0.1, 0.15) is 43.2 Å². The van der Waals surface area contributed by atoms with E-state index in [1.54, 1.807) is 23.6 Å². The van der Waals surface area contributed by atoms with E-state index in [0.29, 0.717) is 31.6 Å². The largest absolute Gasteiger partial charge is 0.481 e. The van der Waals surface area contributed by atoms with E-state index in [1.807, 2.05) is 30.5 Å². The molecule has 2 unspecified atom stereocenters. The van der Waals surface area contributed by atoms with Crippen molar-refractivity contribution >= 4 is 29.7 Å². The van der Waals surface area contributed by atoms with Crippen LogP contribution in [0.4, 0.5) is 4.79 Å². The van der Waals surface area contributed by atoms with Crippen LogP contribution in [0.15, 0.2) is 48.5 Å². The lowest BCUT2D eigenvalue weighted by atomic mass is 9.82. The zero-order chi connectivity index (χ0) is 25.0. The van der Waals surface area contributed by atoms with Gasteiger partial charge in [0.1, 0.15) is 12.6 Å². The molecule has 2 N–H and O–H groups in total. The minimum atomic E-state index is -0.971. The van der Waals surface area contributed by atoms with Crippen molar-refractivity contribution in [1.82, 2.24) is 10.2 Å². The highest BCUT2D eigenvalue weighted by Crippen LogP contribution is 2.44. The summed E-state index contributed by atoms with van der Waals surface area (Å²) >= 11 is 1.59. The fraction of sp³-hybridized carbons (Fsp3) is 0.444. The number of carbonyl (C=O) groups excluding carboxylic acids is 2. The number of carboxylic acid groups (broad SMARTS) is 1. The monoisotopic (exact) mass is 496 g/mol. The molecule has 2 aromatic carbocycles. The lowest BCUT2D eigenvalue weighted by molar-refractivity contribution is -0.154. The number of rotatable bonds is 8. The Morgan fingerprint density at radius 2 is 1.77 bits per heavy atom. The molecule has 4 rings (SSSR count). The van der Waals surface area contributed by atoms with Gasteiger partial charge in [0.15, 0.2) is 0 Å². The van der Waals surface area contributed by atoms with Crippen molar-refractivity contribution in [3.8, 4) is 11.1 Å². The number of carbonyl (C=O) groups is 3. The number of carboxylic acids is 1. The van der Waals surface area contributed by atoms with Crippen LogP contribution in [0.3, 0.4) is 0 Å². The Kier molecular flexibility index (Phi) is 7.69. The van der Waals surface area contributed by atoms with E-state index in [2.05, 4.69) is 29.6 Å². The molecule has 2 atom stereocenters. The maximum atomic E-state index is 13.3. The molecule has 1 aliphatic heterocycles. The van der Waals surface area contributed by atoms with E-state index in [9.17, 15) is 19.5 Å². The molecule has 35 heavy (non-hydrogen) atoms. The molecule has 0 bridgehead atoms. The Bertz CT molecular complexity index is 1060. The van der Waals surface area contributed by atoms with E-state index < -0.39 is 23.5 Å². The van der Waals surface area contributed by atoms with Gasteiger partial charge in [0, 0.05) is 19.0 Å². The third kappa shape index (κ3) is 5.32. The number of aliphatic carboxylic acids is 1. The number of hydrogen-bond acceptors (Lipinski definition) is 5. The van der Waals surface area contributed by atoms with Crippen LogP contribution in [-0.4, -0.2) is 65.7 Å². The van der Waals surface area contributed by atoms with Crippen molar-refractivity contribution in [2.45, 2.75) is 38.1 Å². The molecule has 1 fully saturated rings. The number of amides is 2. The van der Waals surface area contributed by atoms with Crippen LogP contribution < -0.4 is 5.32 Å². The summed E-state index contributed by atoms with van der Waals surface area (Å²) in [4.78, 5) is 39.4. The SMILES string of the molecule is CSCCC(NC(=O)OCC1c2ccccc2-c2ccccc21)C(=O)N1CCCC(C)(C(=O)O)C1. The fourth-order valence-corrected chi connectivity index (χ4v) is 5.57. The predicted octanol–water partition coefficient (Wildman–Crippen LogP) is 4.36. The van der Waals surface area contributed by atoms with Gasteiger partial charge in [-0.15, -0.1) is 0 Å². The fourth-order valence-electron chi connectivity index (χ4n) is 5.10. The average Bonchev–Trinajstić information content (AvgIpc) is 3.18. The van der Waals surface area contributed by atoms with Gasteiger partial charge in [0.2, 0.25) is 5.91 Å².